The van der Waals surface area contributed by atoms with Gasteiger partial charge >= 0.3 is 0 Å². The van der Waals surface area contributed by atoms with E-state index in [0.29, 0.717) is 17.9 Å². The topological polar surface area (TPSA) is 45.3 Å². The summed E-state index contributed by atoms with van der Waals surface area (Å²) in [6, 6.07) is 15.8. The third-order valence-electron chi connectivity index (χ3n) is 5.66. The summed E-state index contributed by atoms with van der Waals surface area (Å²) in [7, 11) is 0. The number of pyridine rings is 1. The molecule has 28 heavy (non-hydrogen) atoms. The monoisotopic (exact) mass is 376 g/mol. The highest BCUT2D eigenvalue weighted by Crippen LogP contribution is 2.22. The van der Waals surface area contributed by atoms with Gasteiger partial charge in [0.05, 0.1) is 0 Å². The van der Waals surface area contributed by atoms with Crippen LogP contribution in [-0.2, 0) is 13.2 Å². The van der Waals surface area contributed by atoms with Crippen molar-refractivity contribution < 1.29 is 4.74 Å². The zero-order valence-corrected chi connectivity index (χ0v) is 16.7. The number of aromatic nitrogens is 1. The molecular formula is C24H28N2O2. The van der Waals surface area contributed by atoms with Gasteiger partial charge in [-0.25, -0.2) is 0 Å². The Labute approximate surface area is 166 Å². The average Bonchev–Trinajstić information content (AvgIpc) is 2.71. The molecule has 0 unspecified atom stereocenters. The number of rotatable bonds is 5. The molecule has 3 aromatic rings. The summed E-state index contributed by atoms with van der Waals surface area (Å²) in [5.41, 5.74) is 3.94. The van der Waals surface area contributed by atoms with Crippen LogP contribution in [0.25, 0.3) is 10.9 Å². The summed E-state index contributed by atoms with van der Waals surface area (Å²) in [6.07, 6.45) is 2.49. The number of hydrogen-bond donors (Lipinski definition) is 1. The van der Waals surface area contributed by atoms with Crippen molar-refractivity contribution in [2.75, 3.05) is 13.1 Å². The molecule has 1 aromatic heterocycles. The van der Waals surface area contributed by atoms with Gasteiger partial charge in [-0.2, -0.15) is 0 Å². The third-order valence-corrected chi connectivity index (χ3v) is 5.66. The normalized spacial score (nSPS) is 17.7. The van der Waals surface area contributed by atoms with Crippen LogP contribution in [0.2, 0.25) is 0 Å². The summed E-state index contributed by atoms with van der Waals surface area (Å²) in [6.45, 7) is 7.65. The van der Waals surface area contributed by atoms with Gasteiger partial charge in [0.25, 0.3) is 0 Å². The molecule has 0 amide bonds. The van der Waals surface area contributed by atoms with Gasteiger partial charge in [0.2, 0.25) is 0 Å². The van der Waals surface area contributed by atoms with E-state index in [1.807, 2.05) is 55.5 Å². The van der Waals surface area contributed by atoms with Crippen LogP contribution in [0, 0.1) is 12.8 Å². The van der Waals surface area contributed by atoms with E-state index in [2.05, 4.69) is 16.8 Å². The van der Waals surface area contributed by atoms with Gasteiger partial charge in [-0.3, -0.25) is 9.69 Å². The predicted molar refractivity (Wildman–Crippen MR) is 114 cm³/mol. The van der Waals surface area contributed by atoms with Crippen molar-refractivity contribution in [1.82, 2.24) is 9.88 Å². The Kier molecular flexibility index (Phi) is 5.49. The zero-order valence-electron chi connectivity index (χ0n) is 16.7. The molecule has 1 aliphatic heterocycles. The fourth-order valence-corrected chi connectivity index (χ4v) is 4.11. The Morgan fingerprint density at radius 1 is 1.18 bits per heavy atom. The van der Waals surface area contributed by atoms with Gasteiger partial charge in [0.1, 0.15) is 12.4 Å². The lowest BCUT2D eigenvalue weighted by atomic mass is 9.99. The first-order valence-corrected chi connectivity index (χ1v) is 10.1. The van der Waals surface area contributed by atoms with Crippen LogP contribution in [0.15, 0.2) is 53.3 Å². The number of piperidine rings is 1. The number of ether oxygens (including phenoxy) is 1. The lowest BCUT2D eigenvalue weighted by Crippen LogP contribution is -2.35. The second-order valence-electron chi connectivity index (χ2n) is 8.02. The highest BCUT2D eigenvalue weighted by molar-refractivity contribution is 5.81. The van der Waals surface area contributed by atoms with Gasteiger partial charge in [0, 0.05) is 35.2 Å². The maximum absolute atomic E-state index is 13.2. The summed E-state index contributed by atoms with van der Waals surface area (Å²) in [4.78, 5) is 19.1. The molecule has 0 spiro atoms. The summed E-state index contributed by atoms with van der Waals surface area (Å²) < 4.78 is 5.93. The molecule has 0 saturated carbocycles. The lowest BCUT2D eigenvalue weighted by molar-refractivity contribution is 0.176. The Morgan fingerprint density at radius 3 is 2.79 bits per heavy atom. The second kappa shape index (κ2) is 8.19. The Bertz CT molecular complexity index is 1010. The Morgan fingerprint density at radius 2 is 2.00 bits per heavy atom. The predicted octanol–water partition coefficient (Wildman–Crippen LogP) is 4.65. The molecule has 0 bridgehead atoms. The number of H-pyrrole nitrogens is 1. The highest BCUT2D eigenvalue weighted by Gasteiger charge is 2.19. The third kappa shape index (κ3) is 4.12. The van der Waals surface area contributed by atoms with Crippen molar-refractivity contribution in [3.05, 3.63) is 75.6 Å². The quantitative estimate of drug-likeness (QED) is 0.705. The molecule has 1 fully saturated rings. The van der Waals surface area contributed by atoms with Gasteiger partial charge in [-0.15, -0.1) is 0 Å². The first-order valence-electron chi connectivity index (χ1n) is 10.1. The van der Waals surface area contributed by atoms with E-state index in [9.17, 15) is 4.79 Å². The van der Waals surface area contributed by atoms with Crippen molar-refractivity contribution in [1.29, 1.82) is 0 Å². The van der Waals surface area contributed by atoms with E-state index in [1.165, 1.54) is 12.8 Å². The molecule has 1 N–H and O–H groups in total. The van der Waals surface area contributed by atoms with Crippen LogP contribution in [0.1, 0.15) is 36.6 Å². The second-order valence-corrected chi connectivity index (χ2v) is 8.02. The highest BCUT2D eigenvalue weighted by atomic mass is 16.5. The van der Waals surface area contributed by atoms with E-state index in [1.54, 1.807) is 0 Å². The maximum Gasteiger partial charge on any atom is 0.194 e. The van der Waals surface area contributed by atoms with E-state index in [0.717, 1.165) is 47.7 Å². The molecule has 1 aliphatic rings. The largest absolute Gasteiger partial charge is 0.489 e. The van der Waals surface area contributed by atoms with Crippen LogP contribution in [0.3, 0.4) is 0 Å². The number of benzene rings is 2. The molecular weight excluding hydrogens is 348 g/mol. The van der Waals surface area contributed by atoms with Crippen molar-refractivity contribution >= 4 is 10.9 Å². The minimum Gasteiger partial charge on any atom is -0.489 e. The molecule has 2 aromatic carbocycles. The van der Waals surface area contributed by atoms with E-state index in [4.69, 9.17) is 4.74 Å². The minimum absolute atomic E-state index is 0.120. The van der Waals surface area contributed by atoms with E-state index < -0.39 is 0 Å². The number of aryl methyl sites for hydroxylation is 1. The van der Waals surface area contributed by atoms with Crippen LogP contribution in [0.4, 0.5) is 0 Å². The average molecular weight is 377 g/mol. The van der Waals surface area contributed by atoms with E-state index >= 15 is 0 Å². The first-order chi connectivity index (χ1) is 13.6. The summed E-state index contributed by atoms with van der Waals surface area (Å²) in [5, 5.41) is 0.705. The maximum atomic E-state index is 13.2. The number of hydrogen-bond acceptors (Lipinski definition) is 3. The molecule has 0 radical (unpaired) electrons. The fraction of sp³-hybridized carbons (Fsp3) is 0.375. The van der Waals surface area contributed by atoms with Crippen molar-refractivity contribution in [3.8, 4) is 5.75 Å². The number of nitrogens with zero attached hydrogens (tertiary/aromatic N) is 1. The van der Waals surface area contributed by atoms with Crippen molar-refractivity contribution in [2.45, 2.75) is 39.8 Å². The van der Waals surface area contributed by atoms with Crippen LogP contribution >= 0.6 is 0 Å². The zero-order chi connectivity index (χ0) is 19.5. The molecule has 0 aliphatic carbocycles. The summed E-state index contributed by atoms with van der Waals surface area (Å²) in [5.74, 6) is 1.43. The SMILES string of the molecule is Cc1[nH]c2ccc(OCc3ccccc3)cc2c(=O)c1CN1CCC[C@H](C)C1. The van der Waals surface area contributed by atoms with Crippen LogP contribution in [-0.4, -0.2) is 23.0 Å². The van der Waals surface area contributed by atoms with Gasteiger partial charge in [-0.1, -0.05) is 37.3 Å². The first kappa shape index (κ1) is 18.8. The number of nitrogens with one attached hydrogen (secondary N) is 1. The number of fused-ring (bicyclic) bond motifs is 1. The molecule has 146 valence electrons. The minimum atomic E-state index is 0.120. The fourth-order valence-electron chi connectivity index (χ4n) is 4.11. The van der Waals surface area contributed by atoms with E-state index in [-0.39, 0.29) is 5.43 Å². The molecule has 2 heterocycles. The molecule has 4 rings (SSSR count). The molecule has 1 saturated heterocycles. The Balaban J connectivity index is 1.59. The number of aromatic amines is 1. The van der Waals surface area contributed by atoms with Crippen LogP contribution in [0.5, 0.6) is 5.75 Å². The van der Waals surface area contributed by atoms with Crippen molar-refractivity contribution in [2.24, 2.45) is 5.92 Å². The van der Waals surface area contributed by atoms with Crippen molar-refractivity contribution in [3.63, 3.8) is 0 Å². The van der Waals surface area contributed by atoms with Gasteiger partial charge in [-0.05, 0) is 56.0 Å². The van der Waals surface area contributed by atoms with Gasteiger partial charge in [0.15, 0.2) is 5.43 Å². The smallest absolute Gasteiger partial charge is 0.194 e. The van der Waals surface area contributed by atoms with Crippen LogP contribution < -0.4 is 10.2 Å². The van der Waals surface area contributed by atoms with Gasteiger partial charge < -0.3 is 9.72 Å². The number of likely N-dealkylation sites (tertiary alicyclic amines) is 1. The molecule has 1 atom stereocenters. The molecule has 4 nitrogen and oxygen atoms in total. The summed E-state index contributed by atoms with van der Waals surface area (Å²) >= 11 is 0. The Hall–Kier alpha value is -2.59. The lowest BCUT2D eigenvalue weighted by Gasteiger charge is -2.31. The molecule has 4 heteroatoms. The standard InChI is InChI=1S/C24H28N2O2/c1-17-7-6-12-26(14-17)15-22-18(2)25-23-11-10-20(13-21(23)24(22)27)28-16-19-8-4-3-5-9-19/h3-5,8-11,13,17H,6-7,12,14-16H2,1-2H3,(H,25,27)/t17-/m0/s1.